The Morgan fingerprint density at radius 3 is 2.42 bits per heavy atom. The van der Waals surface area contributed by atoms with Crippen molar-refractivity contribution in [3.8, 4) is 0 Å². The van der Waals surface area contributed by atoms with Crippen LogP contribution in [0.1, 0.15) is 38.8 Å². The largest absolute Gasteiger partial charge is 0.310 e. The lowest BCUT2D eigenvalue weighted by molar-refractivity contribution is 0.288. The van der Waals surface area contributed by atoms with Crippen LogP contribution in [0.25, 0.3) is 0 Å². The summed E-state index contributed by atoms with van der Waals surface area (Å²) >= 11 is 3.69. The maximum atomic E-state index is 3.69. The third-order valence-corrected chi connectivity index (χ3v) is 3.69. The molecular weight excluding hydrogens is 300 g/mol. The molecule has 1 aromatic rings. The molecule has 0 bridgehead atoms. The maximum Gasteiger partial charge on any atom is 0.0242 e. The summed E-state index contributed by atoms with van der Waals surface area (Å²) in [5.74, 6) is 0.707. The van der Waals surface area contributed by atoms with E-state index in [2.05, 4.69) is 79.1 Å². The van der Waals surface area contributed by atoms with Crippen LogP contribution >= 0.6 is 15.9 Å². The second-order valence-electron chi connectivity index (χ2n) is 6.05. The van der Waals surface area contributed by atoms with Crippen LogP contribution in [-0.4, -0.2) is 24.5 Å². The number of hydrogen-bond donors (Lipinski definition) is 1. The zero-order valence-electron chi connectivity index (χ0n) is 12.8. The van der Waals surface area contributed by atoms with E-state index in [-0.39, 0.29) is 0 Å². The van der Waals surface area contributed by atoms with Gasteiger partial charge in [0.25, 0.3) is 0 Å². The minimum absolute atomic E-state index is 0.524. The highest BCUT2D eigenvalue weighted by atomic mass is 79.9. The molecule has 0 aliphatic carbocycles. The monoisotopic (exact) mass is 326 g/mol. The number of halogens is 1. The molecule has 19 heavy (non-hydrogen) atoms. The van der Waals surface area contributed by atoms with E-state index in [1.54, 1.807) is 0 Å². The molecule has 0 radical (unpaired) electrons. The molecule has 2 nitrogen and oxygen atoms in total. The van der Waals surface area contributed by atoms with Crippen molar-refractivity contribution >= 4 is 15.9 Å². The van der Waals surface area contributed by atoms with Crippen LogP contribution in [0.2, 0.25) is 0 Å². The van der Waals surface area contributed by atoms with E-state index in [4.69, 9.17) is 0 Å². The average Bonchev–Trinajstić information content (AvgIpc) is 2.28. The van der Waals surface area contributed by atoms with Gasteiger partial charge < -0.3 is 10.2 Å². The first kappa shape index (κ1) is 16.7. The van der Waals surface area contributed by atoms with Crippen molar-refractivity contribution in [3.05, 3.63) is 33.8 Å². The summed E-state index contributed by atoms with van der Waals surface area (Å²) in [6.45, 7) is 11.9. The van der Waals surface area contributed by atoms with Crippen LogP contribution in [0.4, 0.5) is 0 Å². The van der Waals surface area contributed by atoms with Gasteiger partial charge in [-0.05, 0) is 30.2 Å². The van der Waals surface area contributed by atoms with Crippen LogP contribution in [-0.2, 0) is 13.1 Å². The lowest BCUT2D eigenvalue weighted by atomic mass is 10.1. The van der Waals surface area contributed by atoms with Gasteiger partial charge in [-0.2, -0.15) is 0 Å². The Hall–Kier alpha value is -0.380. The summed E-state index contributed by atoms with van der Waals surface area (Å²) in [4.78, 5) is 2.37. The Morgan fingerprint density at radius 2 is 1.89 bits per heavy atom. The van der Waals surface area contributed by atoms with E-state index in [0.29, 0.717) is 12.0 Å². The fourth-order valence-corrected chi connectivity index (χ4v) is 2.68. The third kappa shape index (κ3) is 6.55. The first-order valence-corrected chi connectivity index (χ1v) is 7.87. The molecule has 0 saturated heterocycles. The number of rotatable bonds is 7. The van der Waals surface area contributed by atoms with Crippen LogP contribution in [0.3, 0.4) is 0 Å². The molecule has 3 heteroatoms. The Kier molecular flexibility index (Phi) is 7.05. The average molecular weight is 327 g/mol. The second-order valence-corrected chi connectivity index (χ2v) is 6.91. The predicted octanol–water partition coefficient (Wildman–Crippen LogP) is 4.03. The summed E-state index contributed by atoms with van der Waals surface area (Å²) < 4.78 is 1.21. The number of nitrogens with zero attached hydrogens (tertiary/aromatic N) is 1. The molecule has 0 aliphatic heterocycles. The summed E-state index contributed by atoms with van der Waals surface area (Å²) in [6, 6.07) is 7.21. The molecule has 0 aliphatic rings. The normalized spacial score (nSPS) is 11.8. The van der Waals surface area contributed by atoms with Crippen LogP contribution in [0.5, 0.6) is 0 Å². The molecule has 0 heterocycles. The van der Waals surface area contributed by atoms with Gasteiger partial charge in [0, 0.05) is 30.1 Å². The number of hydrogen-bond acceptors (Lipinski definition) is 2. The van der Waals surface area contributed by atoms with E-state index in [9.17, 15) is 0 Å². The molecular formula is C16H27BrN2. The van der Waals surface area contributed by atoms with E-state index < -0.39 is 0 Å². The van der Waals surface area contributed by atoms with Crippen molar-refractivity contribution in [2.45, 2.75) is 46.8 Å². The molecule has 0 fully saturated rings. The number of nitrogens with one attached hydrogen (secondary N) is 1. The zero-order valence-corrected chi connectivity index (χ0v) is 14.4. The van der Waals surface area contributed by atoms with Gasteiger partial charge in [-0.3, -0.25) is 0 Å². The summed E-state index contributed by atoms with van der Waals surface area (Å²) in [5.41, 5.74) is 2.69. The van der Waals surface area contributed by atoms with Crippen LogP contribution in [0, 0.1) is 5.92 Å². The third-order valence-electron chi connectivity index (χ3n) is 2.95. The van der Waals surface area contributed by atoms with Gasteiger partial charge in [0.15, 0.2) is 0 Å². The SMILES string of the molecule is CC(C)CN(C)Cc1ccc(CNC(C)C)cc1Br. The minimum Gasteiger partial charge on any atom is -0.310 e. The molecule has 0 aromatic heterocycles. The first-order valence-electron chi connectivity index (χ1n) is 7.07. The van der Waals surface area contributed by atoms with Gasteiger partial charge in [0.05, 0.1) is 0 Å². The highest BCUT2D eigenvalue weighted by Crippen LogP contribution is 2.20. The van der Waals surface area contributed by atoms with Crippen molar-refractivity contribution in [1.29, 1.82) is 0 Å². The van der Waals surface area contributed by atoms with Crippen LogP contribution in [0.15, 0.2) is 22.7 Å². The summed E-state index contributed by atoms with van der Waals surface area (Å²) in [5, 5.41) is 3.44. The maximum absolute atomic E-state index is 3.69. The molecule has 1 aromatic carbocycles. The fourth-order valence-electron chi connectivity index (χ4n) is 2.13. The molecule has 108 valence electrons. The summed E-state index contributed by atoms with van der Waals surface area (Å²) in [7, 11) is 2.18. The van der Waals surface area contributed by atoms with E-state index in [1.807, 2.05) is 0 Å². The van der Waals surface area contributed by atoms with E-state index >= 15 is 0 Å². The summed E-state index contributed by atoms with van der Waals surface area (Å²) in [6.07, 6.45) is 0. The van der Waals surface area contributed by atoms with Gasteiger partial charge in [0.1, 0.15) is 0 Å². The molecule has 0 saturated carbocycles. The lowest BCUT2D eigenvalue weighted by Crippen LogP contribution is -2.23. The minimum atomic E-state index is 0.524. The molecule has 0 amide bonds. The van der Waals surface area contributed by atoms with Crippen molar-refractivity contribution in [1.82, 2.24) is 10.2 Å². The lowest BCUT2D eigenvalue weighted by Gasteiger charge is -2.20. The topological polar surface area (TPSA) is 15.3 Å². The Labute approximate surface area is 126 Å². The standard InChI is InChI=1S/C16H27BrN2/c1-12(2)10-19(5)11-15-7-6-14(8-16(15)17)9-18-13(3)4/h6-8,12-13,18H,9-11H2,1-5H3. The van der Waals surface area contributed by atoms with E-state index in [1.165, 1.54) is 15.6 Å². The van der Waals surface area contributed by atoms with E-state index in [0.717, 1.165) is 19.6 Å². The first-order chi connectivity index (χ1) is 8.88. The highest BCUT2D eigenvalue weighted by molar-refractivity contribution is 9.10. The van der Waals surface area contributed by atoms with Crippen molar-refractivity contribution in [2.24, 2.45) is 5.92 Å². The quantitative estimate of drug-likeness (QED) is 0.813. The van der Waals surface area contributed by atoms with Gasteiger partial charge in [-0.25, -0.2) is 0 Å². The molecule has 1 N–H and O–H groups in total. The van der Waals surface area contributed by atoms with Crippen LogP contribution < -0.4 is 5.32 Å². The van der Waals surface area contributed by atoms with Gasteiger partial charge in [-0.1, -0.05) is 55.8 Å². The second kappa shape index (κ2) is 8.03. The predicted molar refractivity (Wildman–Crippen MR) is 87.3 cm³/mol. The molecule has 0 unspecified atom stereocenters. The van der Waals surface area contributed by atoms with Crippen molar-refractivity contribution < 1.29 is 0 Å². The number of benzene rings is 1. The van der Waals surface area contributed by atoms with Gasteiger partial charge in [0.2, 0.25) is 0 Å². The van der Waals surface area contributed by atoms with Crippen molar-refractivity contribution in [2.75, 3.05) is 13.6 Å². The molecule has 1 rings (SSSR count). The Morgan fingerprint density at radius 1 is 1.21 bits per heavy atom. The fraction of sp³-hybridized carbons (Fsp3) is 0.625. The Bertz CT molecular complexity index is 388. The highest BCUT2D eigenvalue weighted by Gasteiger charge is 2.07. The molecule has 0 atom stereocenters. The Balaban J connectivity index is 2.61. The smallest absolute Gasteiger partial charge is 0.0242 e. The van der Waals surface area contributed by atoms with Gasteiger partial charge >= 0.3 is 0 Å². The zero-order chi connectivity index (χ0) is 14.4. The van der Waals surface area contributed by atoms with Gasteiger partial charge in [-0.15, -0.1) is 0 Å². The van der Waals surface area contributed by atoms with Crippen molar-refractivity contribution in [3.63, 3.8) is 0 Å². The molecule has 0 spiro atoms.